The molecule has 1 aromatic carbocycles. The molecule has 108 valence electrons. The summed E-state index contributed by atoms with van der Waals surface area (Å²) < 4.78 is 0. The quantitative estimate of drug-likeness (QED) is 0.446. The number of phenols is 1. The van der Waals surface area contributed by atoms with Gasteiger partial charge in [-0.1, -0.05) is 18.2 Å². The average Bonchev–Trinajstić information content (AvgIpc) is 2.40. The second-order valence-electron chi connectivity index (χ2n) is 4.24. The molecule has 0 heterocycles. The first-order valence-corrected chi connectivity index (χ1v) is 6.19. The molecule has 0 fully saturated rings. The van der Waals surface area contributed by atoms with Crippen molar-refractivity contribution in [3.05, 3.63) is 42.5 Å². The van der Waals surface area contributed by atoms with Crippen LogP contribution in [0.2, 0.25) is 0 Å². The number of benzene rings is 1. The Labute approximate surface area is 117 Å². The number of hydrogen-bond acceptors (Lipinski definition) is 3. The number of carboxylic acid groups (broad SMARTS) is 1. The monoisotopic (exact) mass is 278 g/mol. The lowest BCUT2D eigenvalue weighted by Crippen LogP contribution is -2.47. The predicted molar refractivity (Wildman–Crippen MR) is 74.6 cm³/mol. The Bertz CT molecular complexity index is 471. The number of carboxylic acids is 1. The van der Waals surface area contributed by atoms with Crippen molar-refractivity contribution >= 4 is 12.0 Å². The van der Waals surface area contributed by atoms with E-state index >= 15 is 0 Å². The van der Waals surface area contributed by atoms with Gasteiger partial charge in [0.2, 0.25) is 0 Å². The second kappa shape index (κ2) is 7.83. The topological polar surface area (TPSA) is 98.7 Å². The minimum Gasteiger partial charge on any atom is -0.508 e. The van der Waals surface area contributed by atoms with E-state index in [-0.39, 0.29) is 12.2 Å². The molecule has 0 aliphatic rings. The fourth-order valence-electron chi connectivity index (χ4n) is 1.56. The summed E-state index contributed by atoms with van der Waals surface area (Å²) in [6.07, 6.45) is 2.42. The first-order chi connectivity index (χ1) is 9.52. The van der Waals surface area contributed by atoms with E-state index in [1.807, 2.05) is 0 Å². The van der Waals surface area contributed by atoms with Gasteiger partial charge in [-0.15, -0.1) is 6.58 Å². The summed E-state index contributed by atoms with van der Waals surface area (Å²) in [5.41, 5.74) is 0.710. The standard InChI is InChI=1S/C14H18N2O4/c1-2-3-8-15-14(20)16-12(13(18)19)9-10-4-6-11(17)7-5-10/h2,4-7,12,17H,1,3,8-9H2,(H,18,19)(H2,15,16,20). The van der Waals surface area contributed by atoms with Crippen LogP contribution in [-0.4, -0.2) is 34.8 Å². The van der Waals surface area contributed by atoms with Gasteiger partial charge in [0.25, 0.3) is 0 Å². The van der Waals surface area contributed by atoms with Gasteiger partial charge in [0, 0.05) is 13.0 Å². The van der Waals surface area contributed by atoms with Crippen LogP contribution >= 0.6 is 0 Å². The highest BCUT2D eigenvalue weighted by molar-refractivity contribution is 5.82. The maximum atomic E-state index is 11.5. The van der Waals surface area contributed by atoms with Crippen molar-refractivity contribution < 1.29 is 19.8 Å². The van der Waals surface area contributed by atoms with Crippen molar-refractivity contribution in [2.45, 2.75) is 18.9 Å². The van der Waals surface area contributed by atoms with Crippen LogP contribution in [0.4, 0.5) is 4.79 Å². The Morgan fingerprint density at radius 3 is 2.50 bits per heavy atom. The zero-order valence-electron chi connectivity index (χ0n) is 11.0. The Morgan fingerprint density at radius 1 is 1.30 bits per heavy atom. The molecule has 0 aromatic heterocycles. The van der Waals surface area contributed by atoms with E-state index in [1.165, 1.54) is 12.1 Å². The number of rotatable bonds is 7. The molecule has 6 heteroatoms. The maximum absolute atomic E-state index is 11.5. The molecule has 0 saturated carbocycles. The highest BCUT2D eigenvalue weighted by Crippen LogP contribution is 2.11. The van der Waals surface area contributed by atoms with Crippen molar-refractivity contribution in [1.82, 2.24) is 10.6 Å². The van der Waals surface area contributed by atoms with Crippen molar-refractivity contribution in [1.29, 1.82) is 0 Å². The van der Waals surface area contributed by atoms with E-state index < -0.39 is 18.0 Å². The van der Waals surface area contributed by atoms with Crippen LogP contribution in [0.15, 0.2) is 36.9 Å². The molecule has 0 spiro atoms. The van der Waals surface area contributed by atoms with Crippen LogP contribution < -0.4 is 10.6 Å². The SMILES string of the molecule is C=CCCNC(=O)NC(Cc1ccc(O)cc1)C(=O)O. The summed E-state index contributed by atoms with van der Waals surface area (Å²) in [4.78, 5) is 22.6. The number of amides is 2. The summed E-state index contributed by atoms with van der Waals surface area (Å²) >= 11 is 0. The summed E-state index contributed by atoms with van der Waals surface area (Å²) in [5.74, 6) is -1.01. The van der Waals surface area contributed by atoms with Crippen LogP contribution in [0, 0.1) is 0 Å². The normalized spacial score (nSPS) is 11.4. The van der Waals surface area contributed by atoms with Crippen LogP contribution in [0.25, 0.3) is 0 Å². The van der Waals surface area contributed by atoms with Crippen molar-refractivity contribution in [3.63, 3.8) is 0 Å². The van der Waals surface area contributed by atoms with Gasteiger partial charge in [-0.2, -0.15) is 0 Å². The molecule has 0 saturated heterocycles. The third-order valence-corrected chi connectivity index (χ3v) is 2.61. The largest absolute Gasteiger partial charge is 0.508 e. The Hall–Kier alpha value is -2.50. The Balaban J connectivity index is 2.56. The molecule has 2 amide bonds. The number of phenolic OH excluding ortho intramolecular Hbond substituents is 1. The molecule has 1 unspecified atom stereocenters. The number of aliphatic carboxylic acids is 1. The zero-order chi connectivity index (χ0) is 15.0. The summed E-state index contributed by atoms with van der Waals surface area (Å²) in [6.45, 7) is 3.93. The van der Waals surface area contributed by atoms with Crippen molar-refractivity contribution in [2.75, 3.05) is 6.54 Å². The molecular formula is C14H18N2O4. The molecule has 0 radical (unpaired) electrons. The molecule has 4 N–H and O–H groups in total. The predicted octanol–water partition coefficient (Wildman–Crippen LogP) is 1.26. The molecular weight excluding hydrogens is 260 g/mol. The number of nitrogens with one attached hydrogen (secondary N) is 2. The third-order valence-electron chi connectivity index (χ3n) is 2.61. The van der Waals surface area contributed by atoms with Gasteiger partial charge in [-0.3, -0.25) is 0 Å². The first-order valence-electron chi connectivity index (χ1n) is 6.19. The number of carbonyl (C=O) groups is 2. The number of aromatic hydroxyl groups is 1. The van der Waals surface area contributed by atoms with Crippen LogP contribution in [0.5, 0.6) is 5.75 Å². The van der Waals surface area contributed by atoms with Gasteiger partial charge in [-0.25, -0.2) is 9.59 Å². The van der Waals surface area contributed by atoms with E-state index in [4.69, 9.17) is 10.2 Å². The van der Waals surface area contributed by atoms with E-state index in [9.17, 15) is 9.59 Å². The number of urea groups is 1. The van der Waals surface area contributed by atoms with E-state index in [0.29, 0.717) is 18.5 Å². The molecule has 1 aromatic rings. The van der Waals surface area contributed by atoms with Gasteiger partial charge < -0.3 is 20.8 Å². The molecule has 0 bridgehead atoms. The fraction of sp³-hybridized carbons (Fsp3) is 0.286. The summed E-state index contributed by atoms with van der Waals surface area (Å²) in [6, 6.07) is 4.61. The summed E-state index contributed by atoms with van der Waals surface area (Å²) in [7, 11) is 0. The molecule has 0 aliphatic carbocycles. The average molecular weight is 278 g/mol. The first kappa shape index (κ1) is 15.6. The minimum atomic E-state index is -1.11. The minimum absolute atomic E-state index is 0.107. The second-order valence-corrected chi connectivity index (χ2v) is 4.24. The van der Waals surface area contributed by atoms with Crippen molar-refractivity contribution in [2.24, 2.45) is 0 Å². The van der Waals surface area contributed by atoms with E-state index in [1.54, 1.807) is 18.2 Å². The Kier molecular flexibility index (Phi) is 6.09. The van der Waals surface area contributed by atoms with Crippen LogP contribution in [0.1, 0.15) is 12.0 Å². The highest BCUT2D eigenvalue weighted by atomic mass is 16.4. The summed E-state index contributed by atoms with van der Waals surface area (Å²) in [5, 5.41) is 23.2. The van der Waals surface area contributed by atoms with E-state index in [0.717, 1.165) is 0 Å². The lowest BCUT2D eigenvalue weighted by atomic mass is 10.1. The molecule has 1 rings (SSSR count). The Morgan fingerprint density at radius 2 is 1.95 bits per heavy atom. The van der Waals surface area contributed by atoms with Gasteiger partial charge >= 0.3 is 12.0 Å². The van der Waals surface area contributed by atoms with Gasteiger partial charge in [-0.05, 0) is 24.1 Å². The third kappa shape index (κ3) is 5.43. The number of carbonyl (C=O) groups excluding carboxylic acids is 1. The van der Waals surface area contributed by atoms with Crippen LogP contribution in [0.3, 0.4) is 0 Å². The van der Waals surface area contributed by atoms with Crippen molar-refractivity contribution in [3.8, 4) is 5.75 Å². The maximum Gasteiger partial charge on any atom is 0.326 e. The lowest BCUT2D eigenvalue weighted by molar-refractivity contribution is -0.139. The van der Waals surface area contributed by atoms with Gasteiger partial charge in [0.15, 0.2) is 0 Å². The zero-order valence-corrected chi connectivity index (χ0v) is 11.0. The molecule has 1 atom stereocenters. The van der Waals surface area contributed by atoms with Crippen LogP contribution in [-0.2, 0) is 11.2 Å². The molecule has 20 heavy (non-hydrogen) atoms. The molecule has 6 nitrogen and oxygen atoms in total. The van der Waals surface area contributed by atoms with E-state index in [2.05, 4.69) is 17.2 Å². The van der Waals surface area contributed by atoms with Gasteiger partial charge in [0.05, 0.1) is 0 Å². The smallest absolute Gasteiger partial charge is 0.326 e. The fourth-order valence-corrected chi connectivity index (χ4v) is 1.56. The highest BCUT2D eigenvalue weighted by Gasteiger charge is 2.20. The van der Waals surface area contributed by atoms with Gasteiger partial charge in [0.1, 0.15) is 11.8 Å². The lowest BCUT2D eigenvalue weighted by Gasteiger charge is -2.15. The molecule has 0 aliphatic heterocycles. The number of hydrogen-bond donors (Lipinski definition) is 4.